The van der Waals surface area contributed by atoms with Crippen LogP contribution in [0, 0.1) is 12.8 Å². The zero-order valence-corrected chi connectivity index (χ0v) is 13.3. The van der Waals surface area contributed by atoms with Gasteiger partial charge in [-0.15, -0.1) is 0 Å². The van der Waals surface area contributed by atoms with Crippen LogP contribution < -0.4 is 5.32 Å². The summed E-state index contributed by atoms with van der Waals surface area (Å²) in [4.78, 5) is 14.9. The number of carbonyl (C=O) groups excluding carboxylic acids is 1. The van der Waals surface area contributed by atoms with Crippen LogP contribution in [0.5, 0.6) is 0 Å². The molecule has 2 fully saturated rings. The highest BCUT2D eigenvalue weighted by Gasteiger charge is 2.44. The Balaban J connectivity index is 1.92. The largest absolute Gasteiger partial charge is 0.319 e. The standard InChI is InChI=1S/C18H26N2O/c1-4-16-18(21)20(13(3)14-9-7-10-14)17(19-16)15-11-6-5-8-12(15)2/h5-6,8,11,13-14,16-17,19H,4,7,9-10H2,1-3H3. The Hall–Kier alpha value is -1.35. The molecule has 21 heavy (non-hydrogen) atoms. The van der Waals surface area contributed by atoms with Crippen LogP contribution in [0.3, 0.4) is 0 Å². The molecule has 3 heteroatoms. The number of rotatable bonds is 4. The summed E-state index contributed by atoms with van der Waals surface area (Å²) >= 11 is 0. The normalized spacial score (nSPS) is 27.8. The van der Waals surface area contributed by atoms with Crippen LogP contribution >= 0.6 is 0 Å². The first-order chi connectivity index (χ1) is 10.1. The van der Waals surface area contributed by atoms with Gasteiger partial charge in [-0.1, -0.05) is 37.6 Å². The molecule has 1 saturated carbocycles. The van der Waals surface area contributed by atoms with E-state index in [9.17, 15) is 4.79 Å². The summed E-state index contributed by atoms with van der Waals surface area (Å²) in [6.07, 6.45) is 4.75. The van der Waals surface area contributed by atoms with Crippen LogP contribution in [0.15, 0.2) is 24.3 Å². The maximum atomic E-state index is 12.8. The van der Waals surface area contributed by atoms with E-state index in [0.29, 0.717) is 12.0 Å². The summed E-state index contributed by atoms with van der Waals surface area (Å²) < 4.78 is 0. The number of hydrogen-bond acceptors (Lipinski definition) is 2. The summed E-state index contributed by atoms with van der Waals surface area (Å²) in [7, 11) is 0. The van der Waals surface area contributed by atoms with Gasteiger partial charge in [0, 0.05) is 6.04 Å². The molecule has 1 N–H and O–H groups in total. The van der Waals surface area contributed by atoms with Gasteiger partial charge in [0.2, 0.25) is 5.91 Å². The van der Waals surface area contributed by atoms with E-state index >= 15 is 0 Å². The lowest BCUT2D eigenvalue weighted by Crippen LogP contribution is -2.44. The minimum absolute atomic E-state index is 0.0304. The molecule has 1 aromatic rings. The molecular weight excluding hydrogens is 260 g/mol. The number of benzene rings is 1. The second-order valence-electron chi connectivity index (χ2n) is 6.56. The lowest BCUT2D eigenvalue weighted by Gasteiger charge is -2.40. The van der Waals surface area contributed by atoms with Gasteiger partial charge in [-0.3, -0.25) is 10.1 Å². The van der Waals surface area contributed by atoms with Gasteiger partial charge in [0.05, 0.1) is 6.04 Å². The van der Waals surface area contributed by atoms with Crippen LogP contribution in [0.25, 0.3) is 0 Å². The molecular formula is C18H26N2O. The smallest absolute Gasteiger partial charge is 0.241 e. The lowest BCUT2D eigenvalue weighted by atomic mass is 9.79. The van der Waals surface area contributed by atoms with Crippen molar-refractivity contribution in [2.75, 3.05) is 0 Å². The minimum Gasteiger partial charge on any atom is -0.319 e. The maximum absolute atomic E-state index is 12.8. The van der Waals surface area contributed by atoms with Crippen molar-refractivity contribution in [1.29, 1.82) is 0 Å². The molecule has 114 valence electrons. The molecule has 3 unspecified atom stereocenters. The first kappa shape index (κ1) is 14.6. The number of amides is 1. The Morgan fingerprint density at radius 1 is 1.33 bits per heavy atom. The van der Waals surface area contributed by atoms with Gasteiger partial charge in [0.1, 0.15) is 6.17 Å². The van der Waals surface area contributed by atoms with Crippen molar-refractivity contribution >= 4 is 5.91 Å². The van der Waals surface area contributed by atoms with Gasteiger partial charge in [-0.25, -0.2) is 0 Å². The fraction of sp³-hybridized carbons (Fsp3) is 0.611. The van der Waals surface area contributed by atoms with E-state index in [0.717, 1.165) is 6.42 Å². The Morgan fingerprint density at radius 3 is 2.62 bits per heavy atom. The average Bonchev–Trinajstić information content (AvgIpc) is 2.74. The third kappa shape index (κ3) is 2.48. The zero-order chi connectivity index (χ0) is 15.0. The molecule has 1 saturated heterocycles. The fourth-order valence-corrected chi connectivity index (χ4v) is 3.66. The number of hydrogen-bond donors (Lipinski definition) is 1. The highest BCUT2D eigenvalue weighted by Crippen LogP contribution is 2.38. The summed E-state index contributed by atoms with van der Waals surface area (Å²) in [5.41, 5.74) is 2.50. The van der Waals surface area contributed by atoms with Crippen LogP contribution in [-0.4, -0.2) is 22.9 Å². The van der Waals surface area contributed by atoms with Gasteiger partial charge in [0.25, 0.3) is 0 Å². The van der Waals surface area contributed by atoms with Crippen molar-refractivity contribution in [2.45, 2.75) is 64.7 Å². The van der Waals surface area contributed by atoms with Gasteiger partial charge >= 0.3 is 0 Å². The van der Waals surface area contributed by atoms with Crippen LogP contribution in [0.2, 0.25) is 0 Å². The number of aryl methyl sites for hydroxylation is 1. The SMILES string of the molecule is CCC1NC(c2ccccc2C)N(C(C)C2CCC2)C1=O. The van der Waals surface area contributed by atoms with E-state index in [4.69, 9.17) is 0 Å². The molecule has 1 amide bonds. The number of carbonyl (C=O) groups is 1. The monoisotopic (exact) mass is 286 g/mol. The number of nitrogens with one attached hydrogen (secondary N) is 1. The van der Waals surface area contributed by atoms with Gasteiger partial charge in [0.15, 0.2) is 0 Å². The van der Waals surface area contributed by atoms with Gasteiger partial charge < -0.3 is 4.90 Å². The third-order valence-corrected chi connectivity index (χ3v) is 5.35. The molecule has 0 bridgehead atoms. The molecule has 0 spiro atoms. The first-order valence-electron chi connectivity index (χ1n) is 8.27. The van der Waals surface area contributed by atoms with E-state index in [2.05, 4.69) is 55.3 Å². The molecule has 1 aliphatic heterocycles. The molecule has 3 rings (SSSR count). The Labute approximate surface area is 127 Å². The first-order valence-corrected chi connectivity index (χ1v) is 8.27. The van der Waals surface area contributed by atoms with Crippen molar-refractivity contribution in [3.8, 4) is 0 Å². The van der Waals surface area contributed by atoms with Crippen LogP contribution in [0.4, 0.5) is 0 Å². The van der Waals surface area contributed by atoms with Crippen molar-refractivity contribution in [2.24, 2.45) is 5.92 Å². The molecule has 1 heterocycles. The zero-order valence-electron chi connectivity index (χ0n) is 13.3. The topological polar surface area (TPSA) is 32.3 Å². The highest BCUT2D eigenvalue weighted by atomic mass is 16.2. The maximum Gasteiger partial charge on any atom is 0.241 e. The molecule has 3 atom stereocenters. The molecule has 0 aromatic heterocycles. The molecule has 1 aliphatic carbocycles. The quantitative estimate of drug-likeness (QED) is 0.920. The van der Waals surface area contributed by atoms with Crippen molar-refractivity contribution in [1.82, 2.24) is 10.2 Å². The van der Waals surface area contributed by atoms with Crippen LogP contribution in [0.1, 0.15) is 56.8 Å². The number of nitrogens with zero attached hydrogens (tertiary/aromatic N) is 1. The minimum atomic E-state index is -0.0304. The van der Waals surface area contributed by atoms with E-state index in [-0.39, 0.29) is 18.1 Å². The Morgan fingerprint density at radius 2 is 2.05 bits per heavy atom. The lowest BCUT2D eigenvalue weighted by molar-refractivity contribution is -0.133. The summed E-state index contributed by atoms with van der Waals surface area (Å²) in [6.45, 7) is 6.45. The van der Waals surface area contributed by atoms with Crippen LogP contribution in [-0.2, 0) is 4.79 Å². The van der Waals surface area contributed by atoms with Gasteiger partial charge in [-0.2, -0.15) is 0 Å². The van der Waals surface area contributed by atoms with E-state index < -0.39 is 0 Å². The average molecular weight is 286 g/mol. The van der Waals surface area contributed by atoms with Crippen molar-refractivity contribution < 1.29 is 4.79 Å². The molecule has 3 nitrogen and oxygen atoms in total. The van der Waals surface area contributed by atoms with Crippen molar-refractivity contribution in [3.63, 3.8) is 0 Å². The van der Waals surface area contributed by atoms with E-state index in [1.165, 1.54) is 30.4 Å². The predicted octanol–water partition coefficient (Wildman–Crippen LogP) is 3.39. The second-order valence-corrected chi connectivity index (χ2v) is 6.56. The summed E-state index contributed by atoms with van der Waals surface area (Å²) in [5, 5.41) is 3.56. The Bertz CT molecular complexity index is 524. The second kappa shape index (κ2) is 5.80. The Kier molecular flexibility index (Phi) is 4.03. The summed E-state index contributed by atoms with van der Waals surface area (Å²) in [5.74, 6) is 0.961. The third-order valence-electron chi connectivity index (χ3n) is 5.35. The fourth-order valence-electron chi connectivity index (χ4n) is 3.66. The molecule has 2 aliphatic rings. The molecule has 1 aromatic carbocycles. The molecule has 0 radical (unpaired) electrons. The van der Waals surface area contributed by atoms with Crippen molar-refractivity contribution in [3.05, 3.63) is 35.4 Å². The summed E-state index contributed by atoms with van der Waals surface area (Å²) in [6, 6.07) is 8.72. The highest BCUT2D eigenvalue weighted by molar-refractivity contribution is 5.85. The van der Waals surface area contributed by atoms with E-state index in [1.807, 2.05) is 0 Å². The van der Waals surface area contributed by atoms with Gasteiger partial charge in [-0.05, 0) is 50.2 Å². The predicted molar refractivity (Wildman–Crippen MR) is 84.8 cm³/mol. The van der Waals surface area contributed by atoms with E-state index in [1.54, 1.807) is 0 Å².